The van der Waals surface area contributed by atoms with Crippen molar-refractivity contribution in [2.75, 3.05) is 13.7 Å². The number of hydrogen-bond donors (Lipinski definition) is 1. The van der Waals surface area contributed by atoms with Crippen LogP contribution < -0.4 is 14.8 Å². The fraction of sp³-hybridized carbons (Fsp3) is 0.333. The van der Waals surface area contributed by atoms with Crippen LogP contribution in [-0.4, -0.2) is 37.2 Å². The number of rotatable bonds is 7. The molecule has 0 saturated carbocycles. The van der Waals surface area contributed by atoms with E-state index in [9.17, 15) is 9.59 Å². The molecule has 2 rings (SSSR count). The number of nitrogens with one attached hydrogen (secondary N) is 1. The molecule has 1 amide bonds. The van der Waals surface area contributed by atoms with Crippen molar-refractivity contribution in [2.45, 2.75) is 32.4 Å². The highest BCUT2D eigenvalue weighted by Gasteiger charge is 2.27. The molecule has 6 heteroatoms. The molecular weight excluding hydrogens is 346 g/mol. The van der Waals surface area contributed by atoms with E-state index >= 15 is 0 Å². The number of hydrogen-bond acceptors (Lipinski definition) is 5. The fourth-order valence-electron chi connectivity index (χ4n) is 2.23. The second kappa shape index (κ2) is 9.07. The summed E-state index contributed by atoms with van der Waals surface area (Å²) < 4.78 is 16.2. The fourth-order valence-corrected chi connectivity index (χ4v) is 2.23. The molecule has 0 radical (unpaired) electrons. The minimum Gasteiger partial charge on any atom is -0.497 e. The molecule has 1 atom stereocenters. The van der Waals surface area contributed by atoms with Gasteiger partial charge >= 0.3 is 5.97 Å². The van der Waals surface area contributed by atoms with Crippen LogP contribution >= 0.6 is 0 Å². The topological polar surface area (TPSA) is 73.9 Å². The van der Waals surface area contributed by atoms with E-state index in [1.165, 1.54) is 0 Å². The SMILES string of the molecule is COc1ccc(OCC(OC(=O)c2ccccc2)C(=O)NC(C)(C)C)cc1. The minimum atomic E-state index is -1.08. The number of carbonyl (C=O) groups is 2. The molecule has 0 spiro atoms. The van der Waals surface area contributed by atoms with Crippen LogP contribution in [0, 0.1) is 0 Å². The Hall–Kier alpha value is -3.02. The van der Waals surface area contributed by atoms with Crippen LogP contribution in [0.4, 0.5) is 0 Å². The molecular formula is C21H25NO5. The number of methoxy groups -OCH3 is 1. The molecule has 0 aliphatic rings. The van der Waals surface area contributed by atoms with Gasteiger partial charge < -0.3 is 19.5 Å². The average Bonchev–Trinajstić information content (AvgIpc) is 2.64. The molecule has 0 aromatic heterocycles. The van der Waals surface area contributed by atoms with Crippen LogP contribution in [0.1, 0.15) is 31.1 Å². The van der Waals surface area contributed by atoms with E-state index in [4.69, 9.17) is 14.2 Å². The third-order valence-corrected chi connectivity index (χ3v) is 3.51. The molecule has 0 fully saturated rings. The molecule has 0 aliphatic heterocycles. The molecule has 0 aliphatic carbocycles. The van der Waals surface area contributed by atoms with Crippen LogP contribution in [-0.2, 0) is 9.53 Å². The van der Waals surface area contributed by atoms with Gasteiger partial charge in [0.05, 0.1) is 12.7 Å². The first-order chi connectivity index (χ1) is 12.8. The molecule has 0 heterocycles. The predicted molar refractivity (Wildman–Crippen MR) is 102 cm³/mol. The van der Waals surface area contributed by atoms with Crippen molar-refractivity contribution in [3.05, 3.63) is 60.2 Å². The number of benzene rings is 2. The standard InChI is InChI=1S/C21H25NO5/c1-21(2,3)22-19(23)18(27-20(24)15-8-6-5-7-9-15)14-26-17-12-10-16(25-4)11-13-17/h5-13,18H,14H2,1-4H3,(H,22,23). The van der Waals surface area contributed by atoms with E-state index < -0.39 is 23.5 Å². The third kappa shape index (κ3) is 6.66. The van der Waals surface area contributed by atoms with Gasteiger partial charge in [-0.05, 0) is 57.2 Å². The zero-order valence-electron chi connectivity index (χ0n) is 16.0. The monoisotopic (exact) mass is 371 g/mol. The Bertz CT molecular complexity index is 750. The average molecular weight is 371 g/mol. The zero-order chi connectivity index (χ0) is 19.9. The summed E-state index contributed by atoms with van der Waals surface area (Å²) in [6.07, 6.45) is -1.08. The quantitative estimate of drug-likeness (QED) is 0.757. The highest BCUT2D eigenvalue weighted by atomic mass is 16.6. The van der Waals surface area contributed by atoms with E-state index in [-0.39, 0.29) is 6.61 Å². The highest BCUT2D eigenvalue weighted by Crippen LogP contribution is 2.18. The van der Waals surface area contributed by atoms with Crippen LogP contribution in [0.15, 0.2) is 54.6 Å². The molecule has 2 aromatic rings. The van der Waals surface area contributed by atoms with Crippen molar-refractivity contribution in [1.82, 2.24) is 5.32 Å². The lowest BCUT2D eigenvalue weighted by Crippen LogP contribution is -2.49. The van der Waals surface area contributed by atoms with Crippen LogP contribution in [0.5, 0.6) is 11.5 Å². The van der Waals surface area contributed by atoms with Crippen molar-refractivity contribution in [2.24, 2.45) is 0 Å². The lowest BCUT2D eigenvalue weighted by atomic mass is 10.1. The smallest absolute Gasteiger partial charge is 0.339 e. The van der Waals surface area contributed by atoms with E-state index in [0.29, 0.717) is 17.1 Å². The minimum absolute atomic E-state index is 0.104. The first kappa shape index (κ1) is 20.3. The Morgan fingerprint density at radius 3 is 2.11 bits per heavy atom. The highest BCUT2D eigenvalue weighted by molar-refractivity contribution is 5.92. The molecule has 144 valence electrons. The Morgan fingerprint density at radius 2 is 1.56 bits per heavy atom. The maximum absolute atomic E-state index is 12.6. The van der Waals surface area contributed by atoms with Gasteiger partial charge in [-0.1, -0.05) is 18.2 Å². The van der Waals surface area contributed by atoms with Gasteiger partial charge in [0.2, 0.25) is 6.10 Å². The van der Waals surface area contributed by atoms with Crippen LogP contribution in [0.3, 0.4) is 0 Å². The Morgan fingerprint density at radius 1 is 0.963 bits per heavy atom. The summed E-state index contributed by atoms with van der Waals surface area (Å²) in [6, 6.07) is 15.5. The summed E-state index contributed by atoms with van der Waals surface area (Å²) in [6.45, 7) is 5.45. The van der Waals surface area contributed by atoms with E-state index in [2.05, 4.69) is 5.32 Å². The predicted octanol–water partition coefficient (Wildman–Crippen LogP) is 3.21. The number of amides is 1. The summed E-state index contributed by atoms with van der Waals surface area (Å²) >= 11 is 0. The molecule has 1 unspecified atom stereocenters. The van der Waals surface area contributed by atoms with E-state index in [1.54, 1.807) is 61.7 Å². The third-order valence-electron chi connectivity index (χ3n) is 3.51. The molecule has 6 nitrogen and oxygen atoms in total. The van der Waals surface area contributed by atoms with Gasteiger partial charge in [-0.15, -0.1) is 0 Å². The maximum Gasteiger partial charge on any atom is 0.339 e. The summed E-state index contributed by atoms with van der Waals surface area (Å²) in [4.78, 5) is 24.9. The van der Waals surface area contributed by atoms with Gasteiger partial charge in [-0.2, -0.15) is 0 Å². The Balaban J connectivity index is 2.08. The van der Waals surface area contributed by atoms with Crippen LogP contribution in [0.25, 0.3) is 0 Å². The largest absolute Gasteiger partial charge is 0.497 e. The number of esters is 1. The first-order valence-corrected chi connectivity index (χ1v) is 8.63. The molecule has 27 heavy (non-hydrogen) atoms. The van der Waals surface area contributed by atoms with E-state index in [1.807, 2.05) is 20.8 Å². The number of carbonyl (C=O) groups excluding carboxylic acids is 2. The Labute approximate surface area is 159 Å². The van der Waals surface area contributed by atoms with Gasteiger partial charge in [0.25, 0.3) is 5.91 Å². The summed E-state index contributed by atoms with van der Waals surface area (Å²) in [7, 11) is 1.58. The lowest BCUT2D eigenvalue weighted by Gasteiger charge is -2.25. The maximum atomic E-state index is 12.6. The number of ether oxygens (including phenoxy) is 3. The zero-order valence-corrected chi connectivity index (χ0v) is 16.0. The van der Waals surface area contributed by atoms with Gasteiger partial charge in [0.1, 0.15) is 18.1 Å². The summed E-state index contributed by atoms with van der Waals surface area (Å²) in [5, 5.41) is 2.81. The van der Waals surface area contributed by atoms with Gasteiger partial charge in [-0.3, -0.25) is 4.79 Å². The molecule has 0 saturated heterocycles. The van der Waals surface area contributed by atoms with Gasteiger partial charge in [0, 0.05) is 5.54 Å². The first-order valence-electron chi connectivity index (χ1n) is 8.63. The summed E-state index contributed by atoms with van der Waals surface area (Å²) in [5.41, 5.74) is -0.0929. The molecule has 1 N–H and O–H groups in total. The van der Waals surface area contributed by atoms with Crippen molar-refractivity contribution < 1.29 is 23.8 Å². The second-order valence-corrected chi connectivity index (χ2v) is 6.99. The summed E-state index contributed by atoms with van der Waals surface area (Å²) in [5.74, 6) is 0.239. The molecule has 2 aromatic carbocycles. The van der Waals surface area contributed by atoms with E-state index in [0.717, 1.165) is 0 Å². The van der Waals surface area contributed by atoms with Gasteiger partial charge in [0.15, 0.2) is 0 Å². The Kier molecular flexibility index (Phi) is 6.82. The van der Waals surface area contributed by atoms with Crippen molar-refractivity contribution >= 4 is 11.9 Å². The normalized spacial score (nSPS) is 12.0. The van der Waals surface area contributed by atoms with Crippen molar-refractivity contribution in [3.63, 3.8) is 0 Å². The van der Waals surface area contributed by atoms with Crippen LogP contribution in [0.2, 0.25) is 0 Å². The lowest BCUT2D eigenvalue weighted by molar-refractivity contribution is -0.133. The van der Waals surface area contributed by atoms with Crippen molar-refractivity contribution in [1.29, 1.82) is 0 Å². The molecule has 0 bridgehead atoms. The van der Waals surface area contributed by atoms with Crippen molar-refractivity contribution in [3.8, 4) is 11.5 Å². The van der Waals surface area contributed by atoms with Gasteiger partial charge in [-0.25, -0.2) is 4.79 Å². The second-order valence-electron chi connectivity index (χ2n) is 6.99.